The molecule has 0 aliphatic rings. The number of carbonyl (C=O) groups is 3. The number of hydrogen-bond acceptors (Lipinski definition) is 7. The highest BCUT2D eigenvalue weighted by Crippen LogP contribution is 2.18. The Morgan fingerprint density at radius 2 is 1.96 bits per heavy atom. The van der Waals surface area contributed by atoms with Gasteiger partial charge < -0.3 is 25.8 Å². The SMILES string of the molecule is COC(=O)[C@H](CCCNC(=O)OC(C)(C)C)NC(=O)c1ccc(N)s1. The van der Waals surface area contributed by atoms with Crippen LogP contribution in [0.1, 0.15) is 43.3 Å². The molecule has 9 heteroatoms. The second-order valence-electron chi connectivity index (χ2n) is 6.32. The van der Waals surface area contributed by atoms with Gasteiger partial charge in [-0.15, -0.1) is 11.3 Å². The van der Waals surface area contributed by atoms with Gasteiger partial charge in [-0.1, -0.05) is 0 Å². The smallest absolute Gasteiger partial charge is 0.407 e. The molecular weight excluding hydrogens is 346 g/mol. The number of ether oxygens (including phenoxy) is 2. The third kappa shape index (κ3) is 7.88. The second kappa shape index (κ2) is 9.26. The highest BCUT2D eigenvalue weighted by atomic mass is 32.1. The van der Waals surface area contributed by atoms with Crippen LogP contribution in [-0.4, -0.2) is 43.3 Å². The maximum absolute atomic E-state index is 12.1. The van der Waals surface area contributed by atoms with Crippen LogP contribution in [0.5, 0.6) is 0 Å². The monoisotopic (exact) mass is 371 g/mol. The summed E-state index contributed by atoms with van der Waals surface area (Å²) >= 11 is 1.13. The highest BCUT2D eigenvalue weighted by molar-refractivity contribution is 7.17. The molecule has 25 heavy (non-hydrogen) atoms. The number of hydrogen-bond donors (Lipinski definition) is 3. The Kier molecular flexibility index (Phi) is 7.69. The number of anilines is 1. The van der Waals surface area contributed by atoms with Crippen molar-refractivity contribution in [1.29, 1.82) is 0 Å². The minimum Gasteiger partial charge on any atom is -0.467 e. The summed E-state index contributed by atoms with van der Waals surface area (Å²) in [6.07, 6.45) is 0.251. The standard InChI is InChI=1S/C16H25N3O5S/c1-16(2,3)24-15(22)18-9-5-6-10(14(21)23-4)19-13(20)11-7-8-12(17)25-11/h7-8,10H,5-6,9,17H2,1-4H3,(H,18,22)(H,19,20)/t10-/m0/s1. The van der Waals surface area contributed by atoms with Crippen LogP contribution in [0, 0.1) is 0 Å². The average molecular weight is 371 g/mol. The molecule has 1 atom stereocenters. The molecule has 1 heterocycles. The molecule has 1 aromatic heterocycles. The van der Waals surface area contributed by atoms with Crippen LogP contribution in [0.3, 0.4) is 0 Å². The van der Waals surface area contributed by atoms with Crippen LogP contribution in [0.2, 0.25) is 0 Å². The van der Waals surface area contributed by atoms with Crippen LogP contribution in [-0.2, 0) is 14.3 Å². The predicted octanol–water partition coefficient (Wildman–Crippen LogP) is 1.91. The molecule has 0 radical (unpaired) electrons. The first-order valence-electron chi connectivity index (χ1n) is 7.83. The Bertz CT molecular complexity index is 609. The molecule has 4 N–H and O–H groups in total. The number of amides is 2. The fourth-order valence-corrected chi connectivity index (χ4v) is 2.58. The van der Waals surface area contributed by atoms with Crippen molar-refractivity contribution >= 4 is 34.3 Å². The first kappa shape index (κ1) is 20.8. The maximum atomic E-state index is 12.1. The molecule has 0 spiro atoms. The van der Waals surface area contributed by atoms with Gasteiger partial charge in [0, 0.05) is 6.54 Å². The minimum atomic E-state index is -0.804. The Morgan fingerprint density at radius 1 is 1.28 bits per heavy atom. The molecule has 0 aromatic carbocycles. The van der Waals surface area contributed by atoms with Gasteiger partial charge in [-0.25, -0.2) is 9.59 Å². The lowest BCUT2D eigenvalue weighted by molar-refractivity contribution is -0.143. The van der Waals surface area contributed by atoms with Crippen LogP contribution >= 0.6 is 11.3 Å². The summed E-state index contributed by atoms with van der Waals surface area (Å²) in [6.45, 7) is 5.62. The van der Waals surface area contributed by atoms with E-state index >= 15 is 0 Å². The van der Waals surface area contributed by atoms with E-state index in [4.69, 9.17) is 15.2 Å². The summed E-state index contributed by atoms with van der Waals surface area (Å²) in [4.78, 5) is 35.9. The number of alkyl carbamates (subject to hydrolysis) is 1. The molecular formula is C16H25N3O5S. The molecule has 0 bridgehead atoms. The lowest BCUT2D eigenvalue weighted by atomic mass is 10.1. The predicted molar refractivity (Wildman–Crippen MR) is 95.5 cm³/mol. The first-order valence-corrected chi connectivity index (χ1v) is 8.65. The van der Waals surface area contributed by atoms with Crippen molar-refractivity contribution in [3.05, 3.63) is 17.0 Å². The van der Waals surface area contributed by atoms with E-state index < -0.39 is 29.6 Å². The number of methoxy groups -OCH3 is 1. The van der Waals surface area contributed by atoms with Gasteiger partial charge in [0.25, 0.3) is 5.91 Å². The Hall–Kier alpha value is -2.29. The number of rotatable bonds is 7. The van der Waals surface area contributed by atoms with Gasteiger partial charge in [0.1, 0.15) is 11.6 Å². The Balaban J connectivity index is 2.47. The Labute approximate surface area is 151 Å². The topological polar surface area (TPSA) is 120 Å². The molecule has 2 amide bonds. The Morgan fingerprint density at radius 3 is 2.48 bits per heavy atom. The lowest BCUT2D eigenvalue weighted by Gasteiger charge is -2.20. The van der Waals surface area contributed by atoms with Crippen molar-refractivity contribution in [2.45, 2.75) is 45.3 Å². The maximum Gasteiger partial charge on any atom is 0.407 e. The number of nitrogens with one attached hydrogen (secondary N) is 2. The highest BCUT2D eigenvalue weighted by Gasteiger charge is 2.23. The van der Waals surface area contributed by atoms with E-state index in [0.29, 0.717) is 29.3 Å². The van der Waals surface area contributed by atoms with Crippen LogP contribution in [0.25, 0.3) is 0 Å². The fraction of sp³-hybridized carbons (Fsp3) is 0.562. The molecule has 0 aliphatic heterocycles. The van der Waals surface area contributed by atoms with Crippen molar-refractivity contribution in [3.8, 4) is 0 Å². The van der Waals surface area contributed by atoms with Crippen LogP contribution in [0.15, 0.2) is 12.1 Å². The van der Waals surface area contributed by atoms with E-state index in [1.165, 1.54) is 7.11 Å². The fourth-order valence-electron chi connectivity index (χ4n) is 1.91. The molecule has 0 fully saturated rings. The number of carbonyl (C=O) groups excluding carboxylic acids is 3. The largest absolute Gasteiger partial charge is 0.467 e. The summed E-state index contributed by atoms with van der Waals surface area (Å²) < 4.78 is 9.83. The summed E-state index contributed by atoms with van der Waals surface area (Å²) in [5.41, 5.74) is 5.02. The van der Waals surface area contributed by atoms with Gasteiger partial charge in [-0.05, 0) is 45.7 Å². The van der Waals surface area contributed by atoms with E-state index in [9.17, 15) is 14.4 Å². The summed E-state index contributed by atoms with van der Waals surface area (Å²) in [7, 11) is 1.25. The third-order valence-corrected chi connectivity index (χ3v) is 3.89. The molecule has 140 valence electrons. The van der Waals surface area contributed by atoms with Gasteiger partial charge in [0.05, 0.1) is 17.0 Å². The molecule has 0 saturated carbocycles. The summed E-state index contributed by atoms with van der Waals surface area (Å²) in [6, 6.07) is 2.41. The zero-order chi connectivity index (χ0) is 19.0. The normalized spacial score (nSPS) is 12.2. The van der Waals surface area contributed by atoms with Gasteiger partial charge in [0.15, 0.2) is 0 Å². The lowest BCUT2D eigenvalue weighted by Crippen LogP contribution is -2.42. The van der Waals surface area contributed by atoms with E-state index in [0.717, 1.165) is 11.3 Å². The molecule has 0 aliphatic carbocycles. The summed E-state index contributed by atoms with van der Waals surface area (Å²) in [5, 5.41) is 5.74. The van der Waals surface area contributed by atoms with E-state index in [-0.39, 0.29) is 0 Å². The van der Waals surface area contributed by atoms with Crippen molar-refractivity contribution in [2.24, 2.45) is 0 Å². The van der Waals surface area contributed by atoms with Crippen LogP contribution in [0.4, 0.5) is 9.80 Å². The van der Waals surface area contributed by atoms with Crippen molar-refractivity contribution in [3.63, 3.8) is 0 Å². The summed E-state index contributed by atoms with van der Waals surface area (Å²) in [5.74, 6) is -0.938. The van der Waals surface area contributed by atoms with Gasteiger partial charge in [-0.2, -0.15) is 0 Å². The van der Waals surface area contributed by atoms with E-state index in [1.807, 2.05) is 0 Å². The van der Waals surface area contributed by atoms with E-state index in [1.54, 1.807) is 32.9 Å². The van der Waals surface area contributed by atoms with Gasteiger partial charge in [0.2, 0.25) is 0 Å². The third-order valence-electron chi connectivity index (χ3n) is 2.98. The average Bonchev–Trinajstić information content (AvgIpc) is 2.94. The number of esters is 1. The van der Waals surface area contributed by atoms with Crippen molar-refractivity contribution < 1.29 is 23.9 Å². The van der Waals surface area contributed by atoms with Crippen molar-refractivity contribution in [1.82, 2.24) is 10.6 Å². The first-order chi connectivity index (χ1) is 11.6. The van der Waals surface area contributed by atoms with Gasteiger partial charge in [-0.3, -0.25) is 4.79 Å². The van der Waals surface area contributed by atoms with Crippen molar-refractivity contribution in [2.75, 3.05) is 19.4 Å². The minimum absolute atomic E-state index is 0.310. The van der Waals surface area contributed by atoms with E-state index in [2.05, 4.69) is 10.6 Å². The number of nitrogens with two attached hydrogens (primary N) is 1. The molecule has 1 rings (SSSR count). The second-order valence-corrected chi connectivity index (χ2v) is 7.44. The molecule has 8 nitrogen and oxygen atoms in total. The quantitative estimate of drug-likeness (QED) is 0.497. The van der Waals surface area contributed by atoms with Gasteiger partial charge >= 0.3 is 12.1 Å². The molecule has 0 saturated heterocycles. The zero-order valence-electron chi connectivity index (χ0n) is 14.9. The van der Waals surface area contributed by atoms with Crippen LogP contribution < -0.4 is 16.4 Å². The molecule has 0 unspecified atom stereocenters. The zero-order valence-corrected chi connectivity index (χ0v) is 15.7. The molecule has 1 aromatic rings. The number of nitrogen functional groups attached to an aromatic ring is 1. The number of thiophene rings is 1.